The van der Waals surface area contributed by atoms with E-state index < -0.39 is 0 Å². The van der Waals surface area contributed by atoms with Crippen molar-refractivity contribution in [3.63, 3.8) is 0 Å². The highest BCUT2D eigenvalue weighted by molar-refractivity contribution is 7.07. The van der Waals surface area contributed by atoms with Crippen molar-refractivity contribution in [3.05, 3.63) is 76.0 Å². The van der Waals surface area contributed by atoms with Crippen LogP contribution in [-0.2, 0) is 17.8 Å². The van der Waals surface area contributed by atoms with Crippen LogP contribution in [0.25, 0.3) is 0 Å². The van der Waals surface area contributed by atoms with Crippen molar-refractivity contribution in [2.75, 3.05) is 6.79 Å². The Labute approximate surface area is 155 Å². The summed E-state index contributed by atoms with van der Waals surface area (Å²) >= 11 is 1.47. The van der Waals surface area contributed by atoms with Crippen LogP contribution in [0.15, 0.2) is 65.1 Å². The van der Waals surface area contributed by atoms with Crippen molar-refractivity contribution in [3.8, 4) is 11.5 Å². The molecular formula is C20H18N2O3S. The molecular weight excluding hydrogens is 348 g/mol. The molecule has 0 unspecified atom stereocenters. The lowest BCUT2D eigenvalue weighted by atomic mass is 10.1. The summed E-state index contributed by atoms with van der Waals surface area (Å²) in [6.07, 6.45) is 2.95. The van der Waals surface area contributed by atoms with E-state index in [2.05, 4.69) is 17.1 Å². The van der Waals surface area contributed by atoms with Gasteiger partial charge in [-0.15, -0.1) is 11.3 Å². The number of hydrogen-bond acceptors (Lipinski definition) is 4. The van der Waals surface area contributed by atoms with E-state index in [1.165, 1.54) is 16.9 Å². The van der Waals surface area contributed by atoms with Gasteiger partial charge in [0.05, 0.1) is 0 Å². The number of benzene rings is 2. The van der Waals surface area contributed by atoms with Crippen LogP contribution in [0.5, 0.6) is 11.5 Å². The molecule has 1 aliphatic heterocycles. The maximum Gasteiger partial charge on any atom is 0.248 e. The average molecular weight is 366 g/mol. The molecule has 0 atom stereocenters. The summed E-state index contributed by atoms with van der Waals surface area (Å²) in [5.41, 5.74) is 2.22. The molecule has 0 saturated carbocycles. The molecule has 2 heterocycles. The van der Waals surface area contributed by atoms with E-state index in [1.807, 2.05) is 52.5 Å². The van der Waals surface area contributed by atoms with E-state index in [1.54, 1.807) is 0 Å². The summed E-state index contributed by atoms with van der Waals surface area (Å²) in [7, 11) is 0. The van der Waals surface area contributed by atoms with E-state index in [4.69, 9.17) is 9.47 Å². The standard InChI is InChI=1S/C20H18N2O3S/c23-19(9-7-15-6-8-17-18(12-15)25-14-24-17)21-20-22(10-11-26-20)13-16-4-2-1-3-5-16/h1-6,8,10-12H,7,9,13-14H2. The third-order valence-electron chi connectivity index (χ3n) is 4.14. The molecule has 4 rings (SSSR count). The first-order valence-corrected chi connectivity index (χ1v) is 9.30. The van der Waals surface area contributed by atoms with Gasteiger partial charge in [-0.3, -0.25) is 4.79 Å². The molecule has 1 aromatic heterocycles. The molecule has 0 saturated heterocycles. The second-order valence-electron chi connectivity index (χ2n) is 5.99. The molecule has 0 aliphatic carbocycles. The molecule has 6 heteroatoms. The highest BCUT2D eigenvalue weighted by Crippen LogP contribution is 2.32. The molecule has 0 radical (unpaired) electrons. The zero-order valence-corrected chi connectivity index (χ0v) is 14.9. The number of carbonyl (C=O) groups is 1. The second kappa shape index (κ2) is 7.58. The second-order valence-corrected chi connectivity index (χ2v) is 6.87. The smallest absolute Gasteiger partial charge is 0.248 e. The van der Waals surface area contributed by atoms with Crippen molar-refractivity contribution >= 4 is 17.2 Å². The van der Waals surface area contributed by atoms with Crippen LogP contribution in [0.4, 0.5) is 0 Å². The van der Waals surface area contributed by atoms with Crippen LogP contribution in [0.2, 0.25) is 0 Å². The van der Waals surface area contributed by atoms with Crippen LogP contribution < -0.4 is 14.3 Å². The maximum atomic E-state index is 12.3. The van der Waals surface area contributed by atoms with Gasteiger partial charge in [0.15, 0.2) is 16.3 Å². The zero-order chi connectivity index (χ0) is 17.8. The molecule has 0 spiro atoms. The lowest BCUT2D eigenvalue weighted by molar-refractivity contribution is -0.118. The Balaban J connectivity index is 1.42. The lowest BCUT2D eigenvalue weighted by Crippen LogP contribution is -2.17. The van der Waals surface area contributed by atoms with Crippen LogP contribution in [-0.4, -0.2) is 17.3 Å². The summed E-state index contributed by atoms with van der Waals surface area (Å²) in [5, 5.41) is 1.95. The third kappa shape index (κ3) is 3.86. The van der Waals surface area contributed by atoms with E-state index in [9.17, 15) is 4.79 Å². The van der Waals surface area contributed by atoms with Gasteiger partial charge in [0, 0.05) is 24.5 Å². The molecule has 26 heavy (non-hydrogen) atoms. The maximum absolute atomic E-state index is 12.3. The van der Waals surface area contributed by atoms with Crippen LogP contribution in [0.1, 0.15) is 17.5 Å². The van der Waals surface area contributed by atoms with Gasteiger partial charge in [-0.2, -0.15) is 4.99 Å². The van der Waals surface area contributed by atoms with Gasteiger partial charge < -0.3 is 14.0 Å². The minimum absolute atomic E-state index is 0.119. The Hall–Kier alpha value is -2.86. The Morgan fingerprint density at radius 2 is 1.92 bits per heavy atom. The minimum Gasteiger partial charge on any atom is -0.454 e. The van der Waals surface area contributed by atoms with E-state index in [0.717, 1.165) is 21.9 Å². The van der Waals surface area contributed by atoms with Crippen molar-refractivity contribution in [2.24, 2.45) is 4.99 Å². The highest BCUT2D eigenvalue weighted by Gasteiger charge is 2.13. The zero-order valence-electron chi connectivity index (χ0n) is 14.1. The predicted octanol–water partition coefficient (Wildman–Crippen LogP) is 3.39. The number of thiazole rings is 1. The average Bonchev–Trinajstić information content (AvgIpc) is 3.30. The quantitative estimate of drug-likeness (QED) is 0.696. The Kier molecular flexibility index (Phi) is 4.84. The van der Waals surface area contributed by atoms with Gasteiger partial charge in [0.1, 0.15) is 0 Å². The van der Waals surface area contributed by atoms with Crippen LogP contribution in [0, 0.1) is 0 Å². The summed E-state index contributed by atoms with van der Waals surface area (Å²) < 4.78 is 12.7. The van der Waals surface area contributed by atoms with Crippen LogP contribution in [0.3, 0.4) is 0 Å². The van der Waals surface area contributed by atoms with Crippen LogP contribution >= 0.6 is 11.3 Å². The SMILES string of the molecule is O=C(CCc1ccc2c(c1)OCO2)N=c1sccn1Cc1ccccc1. The number of aryl methyl sites for hydroxylation is 1. The molecule has 3 aromatic rings. The largest absolute Gasteiger partial charge is 0.454 e. The molecule has 1 amide bonds. The minimum atomic E-state index is -0.119. The highest BCUT2D eigenvalue weighted by atomic mass is 32.1. The fourth-order valence-corrected chi connectivity index (χ4v) is 3.54. The molecule has 1 aliphatic rings. The topological polar surface area (TPSA) is 52.8 Å². The van der Waals surface area contributed by atoms with Crippen molar-refractivity contribution < 1.29 is 14.3 Å². The first kappa shape index (κ1) is 16.6. The van der Waals surface area contributed by atoms with Gasteiger partial charge in [-0.25, -0.2) is 0 Å². The molecule has 132 valence electrons. The van der Waals surface area contributed by atoms with E-state index in [-0.39, 0.29) is 12.7 Å². The number of rotatable bonds is 5. The molecule has 0 fully saturated rings. The Morgan fingerprint density at radius 1 is 1.08 bits per heavy atom. The Bertz CT molecular complexity index is 976. The van der Waals surface area contributed by atoms with E-state index in [0.29, 0.717) is 19.4 Å². The monoisotopic (exact) mass is 366 g/mol. The number of nitrogens with zero attached hydrogens (tertiary/aromatic N) is 2. The fourth-order valence-electron chi connectivity index (χ4n) is 2.80. The summed E-state index contributed by atoms with van der Waals surface area (Å²) in [6, 6.07) is 15.9. The summed E-state index contributed by atoms with van der Waals surface area (Å²) in [5.74, 6) is 1.38. The third-order valence-corrected chi connectivity index (χ3v) is 4.93. The first-order chi connectivity index (χ1) is 12.8. The fraction of sp³-hybridized carbons (Fsp3) is 0.200. The summed E-state index contributed by atoms with van der Waals surface area (Å²) in [4.78, 5) is 17.3. The lowest BCUT2D eigenvalue weighted by Gasteiger charge is -2.03. The number of carbonyl (C=O) groups excluding carboxylic acids is 1. The van der Waals surface area contributed by atoms with Gasteiger partial charge >= 0.3 is 0 Å². The normalized spacial score (nSPS) is 13.2. The molecule has 2 aromatic carbocycles. The predicted molar refractivity (Wildman–Crippen MR) is 99.3 cm³/mol. The number of fused-ring (bicyclic) bond motifs is 1. The molecule has 5 nitrogen and oxygen atoms in total. The first-order valence-electron chi connectivity index (χ1n) is 8.42. The number of amides is 1. The Morgan fingerprint density at radius 3 is 2.81 bits per heavy atom. The molecule has 0 N–H and O–H groups in total. The van der Waals surface area contributed by atoms with Crippen molar-refractivity contribution in [1.29, 1.82) is 0 Å². The summed E-state index contributed by atoms with van der Waals surface area (Å²) in [6.45, 7) is 0.964. The molecule has 0 bridgehead atoms. The van der Waals surface area contributed by atoms with Gasteiger partial charge in [0.25, 0.3) is 0 Å². The van der Waals surface area contributed by atoms with Crippen molar-refractivity contribution in [2.45, 2.75) is 19.4 Å². The number of ether oxygens (including phenoxy) is 2. The van der Waals surface area contributed by atoms with E-state index >= 15 is 0 Å². The van der Waals surface area contributed by atoms with Crippen molar-refractivity contribution in [1.82, 2.24) is 4.57 Å². The van der Waals surface area contributed by atoms with Gasteiger partial charge in [-0.1, -0.05) is 36.4 Å². The number of aromatic nitrogens is 1. The van der Waals surface area contributed by atoms with Gasteiger partial charge in [-0.05, 0) is 29.7 Å². The van der Waals surface area contributed by atoms with Gasteiger partial charge in [0.2, 0.25) is 12.7 Å². The number of hydrogen-bond donors (Lipinski definition) is 0.